The molecule has 0 fully saturated rings. The van der Waals surface area contributed by atoms with E-state index in [4.69, 9.17) is 11.6 Å². The van der Waals surface area contributed by atoms with E-state index in [2.05, 4.69) is 15.1 Å². The van der Waals surface area contributed by atoms with Gasteiger partial charge in [-0.05, 0) is 24.6 Å². The number of H-pyrrole nitrogens is 1. The van der Waals surface area contributed by atoms with Gasteiger partial charge >= 0.3 is 0 Å². The number of benzene rings is 1. The second kappa shape index (κ2) is 6.18. The number of nitrogens with one attached hydrogen (secondary N) is 1. The Kier molecular flexibility index (Phi) is 3.86. The molecule has 0 aliphatic rings. The molecule has 0 bridgehead atoms. The molecule has 124 valence electrons. The normalized spacial score (nSPS) is 11.1. The van der Waals surface area contributed by atoms with Crippen molar-refractivity contribution in [2.75, 3.05) is 0 Å². The second-order valence-electron chi connectivity index (χ2n) is 5.84. The van der Waals surface area contributed by atoms with Crippen molar-refractivity contribution in [1.82, 2.24) is 19.6 Å². The number of hydrogen-bond donors (Lipinski definition) is 1. The van der Waals surface area contributed by atoms with Crippen molar-refractivity contribution < 1.29 is 0 Å². The summed E-state index contributed by atoms with van der Waals surface area (Å²) in [6, 6.07) is 11.3. The Morgan fingerprint density at radius 3 is 2.80 bits per heavy atom. The fraction of sp³-hybridized carbons (Fsp3) is 0.105. The van der Waals surface area contributed by atoms with E-state index in [1.54, 1.807) is 18.6 Å². The molecule has 1 aromatic carbocycles. The van der Waals surface area contributed by atoms with Crippen molar-refractivity contribution >= 4 is 17.2 Å². The highest BCUT2D eigenvalue weighted by Crippen LogP contribution is 2.23. The highest BCUT2D eigenvalue weighted by molar-refractivity contribution is 6.31. The van der Waals surface area contributed by atoms with E-state index in [1.165, 1.54) is 4.52 Å². The van der Waals surface area contributed by atoms with Crippen molar-refractivity contribution in [2.24, 2.45) is 0 Å². The minimum Gasteiger partial charge on any atom is -0.296 e. The molecule has 25 heavy (non-hydrogen) atoms. The fourth-order valence-electron chi connectivity index (χ4n) is 2.93. The predicted molar refractivity (Wildman–Crippen MR) is 98.0 cm³/mol. The lowest BCUT2D eigenvalue weighted by molar-refractivity contribution is 0.860. The summed E-state index contributed by atoms with van der Waals surface area (Å²) >= 11 is 6.24. The van der Waals surface area contributed by atoms with Crippen LogP contribution in [-0.4, -0.2) is 19.6 Å². The summed E-state index contributed by atoms with van der Waals surface area (Å²) in [6.07, 6.45) is 5.69. The second-order valence-corrected chi connectivity index (χ2v) is 6.24. The SMILES string of the molecule is Cc1nc2c(-c3cccnc3)c[nH]n2c(=O)c1Cc1ccccc1Cl. The smallest absolute Gasteiger partial charge is 0.276 e. The minimum absolute atomic E-state index is 0.113. The van der Waals surface area contributed by atoms with Crippen LogP contribution in [0.1, 0.15) is 16.8 Å². The average molecular weight is 351 g/mol. The Morgan fingerprint density at radius 2 is 2.04 bits per heavy atom. The maximum atomic E-state index is 12.9. The van der Waals surface area contributed by atoms with Crippen molar-refractivity contribution in [3.63, 3.8) is 0 Å². The molecule has 0 saturated heterocycles. The summed E-state index contributed by atoms with van der Waals surface area (Å²) in [5.41, 5.74) is 4.48. The number of aryl methyl sites for hydroxylation is 1. The number of hydrogen-bond acceptors (Lipinski definition) is 3. The number of fused-ring (bicyclic) bond motifs is 1. The van der Waals surface area contributed by atoms with Gasteiger partial charge in [0.25, 0.3) is 5.56 Å². The van der Waals surface area contributed by atoms with Gasteiger partial charge in [-0.3, -0.25) is 14.9 Å². The zero-order valence-electron chi connectivity index (χ0n) is 13.5. The lowest BCUT2D eigenvalue weighted by Crippen LogP contribution is -2.22. The molecule has 0 amide bonds. The van der Waals surface area contributed by atoms with Crippen LogP contribution >= 0.6 is 11.6 Å². The van der Waals surface area contributed by atoms with E-state index in [-0.39, 0.29) is 5.56 Å². The Hall–Kier alpha value is -2.92. The predicted octanol–water partition coefficient (Wildman–Crippen LogP) is 3.64. The van der Waals surface area contributed by atoms with E-state index in [9.17, 15) is 4.79 Å². The van der Waals surface area contributed by atoms with Gasteiger partial charge in [0, 0.05) is 52.4 Å². The quantitative estimate of drug-likeness (QED) is 0.613. The lowest BCUT2D eigenvalue weighted by Gasteiger charge is -2.08. The number of pyridine rings is 1. The Balaban J connectivity index is 1.86. The third-order valence-corrected chi connectivity index (χ3v) is 4.63. The van der Waals surface area contributed by atoms with Crippen LogP contribution in [0.4, 0.5) is 0 Å². The molecule has 1 N–H and O–H groups in total. The first kappa shape index (κ1) is 15.6. The number of rotatable bonds is 3. The van der Waals surface area contributed by atoms with Gasteiger partial charge in [0.2, 0.25) is 0 Å². The number of aromatic amines is 1. The van der Waals surface area contributed by atoms with Crippen molar-refractivity contribution in [3.8, 4) is 11.1 Å². The Bertz CT molecular complexity index is 1120. The van der Waals surface area contributed by atoms with Crippen LogP contribution in [0.3, 0.4) is 0 Å². The van der Waals surface area contributed by atoms with Crippen molar-refractivity contribution in [2.45, 2.75) is 13.3 Å². The third-order valence-electron chi connectivity index (χ3n) is 4.26. The van der Waals surface area contributed by atoms with E-state index < -0.39 is 0 Å². The van der Waals surface area contributed by atoms with E-state index >= 15 is 0 Å². The van der Waals surface area contributed by atoms with Gasteiger partial charge in [-0.25, -0.2) is 9.50 Å². The fourth-order valence-corrected chi connectivity index (χ4v) is 3.13. The number of halogens is 1. The molecule has 0 saturated carbocycles. The molecule has 4 rings (SSSR count). The van der Waals surface area contributed by atoms with Crippen LogP contribution in [0.5, 0.6) is 0 Å². The molecular weight excluding hydrogens is 336 g/mol. The topological polar surface area (TPSA) is 63.1 Å². The van der Waals surface area contributed by atoms with Crippen molar-refractivity contribution in [3.05, 3.63) is 87.2 Å². The zero-order chi connectivity index (χ0) is 17.4. The summed E-state index contributed by atoms with van der Waals surface area (Å²) in [5.74, 6) is 0. The van der Waals surface area contributed by atoms with Crippen LogP contribution in [0.15, 0.2) is 59.8 Å². The standard InChI is InChI=1S/C19H15ClN4O/c1-12-15(9-13-5-2-3-7-17(13)20)19(25)24-18(23-12)16(11-22-24)14-6-4-8-21-10-14/h2-8,10-11,22H,9H2,1H3. The van der Waals surface area contributed by atoms with E-state index in [0.29, 0.717) is 28.3 Å². The Labute approximate surface area is 148 Å². The summed E-state index contributed by atoms with van der Waals surface area (Å²) in [6.45, 7) is 1.85. The van der Waals surface area contributed by atoms with E-state index in [1.807, 2.05) is 43.3 Å². The van der Waals surface area contributed by atoms with Crippen LogP contribution in [0.25, 0.3) is 16.8 Å². The van der Waals surface area contributed by atoms with Crippen LogP contribution in [0.2, 0.25) is 5.02 Å². The molecule has 0 aliphatic carbocycles. The third kappa shape index (κ3) is 2.72. The highest BCUT2D eigenvalue weighted by atomic mass is 35.5. The maximum absolute atomic E-state index is 12.9. The van der Waals surface area contributed by atoms with Gasteiger partial charge in [-0.2, -0.15) is 0 Å². The van der Waals surface area contributed by atoms with Crippen molar-refractivity contribution in [1.29, 1.82) is 0 Å². The van der Waals surface area contributed by atoms with Crippen LogP contribution in [-0.2, 0) is 6.42 Å². The van der Waals surface area contributed by atoms with Crippen LogP contribution in [0, 0.1) is 6.92 Å². The maximum Gasteiger partial charge on any atom is 0.276 e. The summed E-state index contributed by atoms with van der Waals surface area (Å²) in [4.78, 5) is 21.7. The molecule has 6 heteroatoms. The molecule has 4 aromatic rings. The molecule has 0 aliphatic heterocycles. The van der Waals surface area contributed by atoms with Gasteiger partial charge in [-0.15, -0.1) is 0 Å². The average Bonchev–Trinajstić information content (AvgIpc) is 3.04. The number of nitrogens with zero attached hydrogens (tertiary/aromatic N) is 3. The number of aromatic nitrogens is 4. The zero-order valence-corrected chi connectivity index (χ0v) is 14.3. The first-order valence-corrected chi connectivity index (χ1v) is 8.26. The van der Waals surface area contributed by atoms with Gasteiger partial charge in [0.15, 0.2) is 5.65 Å². The summed E-state index contributed by atoms with van der Waals surface area (Å²) < 4.78 is 1.47. The first-order valence-electron chi connectivity index (χ1n) is 7.88. The largest absolute Gasteiger partial charge is 0.296 e. The molecule has 0 atom stereocenters. The first-order chi connectivity index (χ1) is 12.1. The highest BCUT2D eigenvalue weighted by Gasteiger charge is 2.16. The summed E-state index contributed by atoms with van der Waals surface area (Å²) in [5, 5.41) is 3.65. The molecule has 3 heterocycles. The molecule has 3 aromatic heterocycles. The lowest BCUT2D eigenvalue weighted by atomic mass is 10.0. The van der Waals surface area contributed by atoms with E-state index in [0.717, 1.165) is 16.7 Å². The minimum atomic E-state index is -0.113. The molecule has 0 radical (unpaired) electrons. The molecule has 0 spiro atoms. The molecule has 0 unspecified atom stereocenters. The van der Waals surface area contributed by atoms with Gasteiger partial charge < -0.3 is 0 Å². The summed E-state index contributed by atoms with van der Waals surface area (Å²) in [7, 11) is 0. The van der Waals surface area contributed by atoms with Gasteiger partial charge in [0.05, 0.1) is 0 Å². The Morgan fingerprint density at radius 1 is 1.20 bits per heavy atom. The van der Waals surface area contributed by atoms with Crippen LogP contribution < -0.4 is 5.56 Å². The molecule has 5 nitrogen and oxygen atoms in total. The van der Waals surface area contributed by atoms with Gasteiger partial charge in [-0.1, -0.05) is 35.9 Å². The molecular formula is C19H15ClN4O. The van der Waals surface area contributed by atoms with Gasteiger partial charge in [0.1, 0.15) is 0 Å². The monoisotopic (exact) mass is 350 g/mol.